The zero-order valence-electron chi connectivity index (χ0n) is 11.1. The van der Waals surface area contributed by atoms with Gasteiger partial charge in [-0.2, -0.15) is 18.3 Å². The van der Waals surface area contributed by atoms with E-state index in [0.717, 1.165) is 18.2 Å². The Kier molecular flexibility index (Phi) is 4.44. The van der Waals surface area contributed by atoms with Crippen molar-refractivity contribution in [1.29, 1.82) is 0 Å². The molecule has 0 amide bonds. The Balaban J connectivity index is 1.91. The van der Waals surface area contributed by atoms with Crippen molar-refractivity contribution in [2.75, 3.05) is 0 Å². The first kappa shape index (κ1) is 14.6. The maximum Gasteiger partial charge on any atom is 0.416 e. The maximum atomic E-state index is 12.6. The molecule has 6 heteroatoms. The van der Waals surface area contributed by atoms with Gasteiger partial charge >= 0.3 is 6.18 Å². The minimum Gasteiger partial charge on any atom is -0.309 e. The number of aromatic nitrogens is 2. The summed E-state index contributed by atoms with van der Waals surface area (Å²) in [7, 11) is 0. The molecule has 0 atom stereocenters. The van der Waals surface area contributed by atoms with Crippen LogP contribution in [0.15, 0.2) is 36.7 Å². The Labute approximate surface area is 115 Å². The van der Waals surface area contributed by atoms with E-state index in [4.69, 9.17) is 0 Å². The molecule has 1 aromatic heterocycles. The van der Waals surface area contributed by atoms with Gasteiger partial charge in [-0.15, -0.1) is 0 Å². The SMILES string of the molecule is CCn1cc(CNCc2cccc(C(F)(F)F)c2)cn1. The molecule has 3 nitrogen and oxygen atoms in total. The molecule has 0 aliphatic rings. The van der Waals surface area contributed by atoms with E-state index in [1.165, 1.54) is 12.1 Å². The Morgan fingerprint density at radius 3 is 2.60 bits per heavy atom. The number of alkyl halides is 3. The highest BCUT2D eigenvalue weighted by Gasteiger charge is 2.30. The summed E-state index contributed by atoms with van der Waals surface area (Å²) < 4.78 is 39.5. The second kappa shape index (κ2) is 6.09. The third-order valence-electron chi connectivity index (χ3n) is 2.92. The Morgan fingerprint density at radius 2 is 1.95 bits per heavy atom. The number of benzene rings is 1. The van der Waals surface area contributed by atoms with E-state index in [1.54, 1.807) is 16.9 Å². The van der Waals surface area contributed by atoms with Gasteiger partial charge in [-0.1, -0.05) is 18.2 Å². The number of nitrogens with zero attached hydrogens (tertiary/aromatic N) is 2. The van der Waals surface area contributed by atoms with Crippen molar-refractivity contribution >= 4 is 0 Å². The molecule has 0 saturated carbocycles. The summed E-state index contributed by atoms with van der Waals surface area (Å²) in [5, 5.41) is 7.25. The van der Waals surface area contributed by atoms with Crippen molar-refractivity contribution in [3.63, 3.8) is 0 Å². The quantitative estimate of drug-likeness (QED) is 0.913. The normalized spacial score (nSPS) is 11.8. The van der Waals surface area contributed by atoms with Crippen molar-refractivity contribution in [3.8, 4) is 0 Å². The van der Waals surface area contributed by atoms with Crippen LogP contribution in [0.5, 0.6) is 0 Å². The predicted octanol–water partition coefficient (Wildman–Crippen LogP) is 3.21. The molecule has 1 N–H and O–H groups in total. The van der Waals surface area contributed by atoms with E-state index in [0.29, 0.717) is 18.7 Å². The van der Waals surface area contributed by atoms with Gasteiger partial charge in [0, 0.05) is 31.4 Å². The minimum atomic E-state index is -4.29. The zero-order chi connectivity index (χ0) is 14.6. The van der Waals surface area contributed by atoms with Gasteiger partial charge in [0.25, 0.3) is 0 Å². The molecule has 2 rings (SSSR count). The highest BCUT2D eigenvalue weighted by molar-refractivity contribution is 5.25. The van der Waals surface area contributed by atoms with E-state index in [1.807, 2.05) is 13.1 Å². The fourth-order valence-electron chi connectivity index (χ4n) is 1.88. The largest absolute Gasteiger partial charge is 0.416 e. The van der Waals surface area contributed by atoms with Crippen molar-refractivity contribution in [2.24, 2.45) is 0 Å². The Bertz CT molecular complexity index is 561. The van der Waals surface area contributed by atoms with Crippen LogP contribution in [-0.2, 0) is 25.8 Å². The Morgan fingerprint density at radius 1 is 1.20 bits per heavy atom. The first-order chi connectivity index (χ1) is 9.49. The molecule has 0 fully saturated rings. The van der Waals surface area contributed by atoms with E-state index in [-0.39, 0.29) is 0 Å². The molecule has 1 heterocycles. The van der Waals surface area contributed by atoms with Gasteiger partial charge in [0.15, 0.2) is 0 Å². The van der Waals surface area contributed by atoms with Crippen molar-refractivity contribution in [2.45, 2.75) is 32.7 Å². The van der Waals surface area contributed by atoms with Crippen LogP contribution < -0.4 is 5.32 Å². The summed E-state index contributed by atoms with van der Waals surface area (Å²) in [5.41, 5.74) is 1.01. The fourth-order valence-corrected chi connectivity index (χ4v) is 1.88. The first-order valence-electron chi connectivity index (χ1n) is 6.37. The van der Waals surface area contributed by atoms with Crippen LogP contribution in [0.2, 0.25) is 0 Å². The molecule has 1 aromatic carbocycles. The van der Waals surface area contributed by atoms with Crippen LogP contribution in [0.25, 0.3) is 0 Å². The summed E-state index contributed by atoms with van der Waals surface area (Å²) in [5.74, 6) is 0. The summed E-state index contributed by atoms with van der Waals surface area (Å²) in [6.07, 6.45) is -0.625. The van der Waals surface area contributed by atoms with Gasteiger partial charge in [0.1, 0.15) is 0 Å². The monoisotopic (exact) mass is 283 g/mol. The van der Waals surface area contributed by atoms with Crippen LogP contribution in [0.1, 0.15) is 23.6 Å². The molecule has 20 heavy (non-hydrogen) atoms. The number of halogens is 3. The van der Waals surface area contributed by atoms with Crippen molar-refractivity contribution < 1.29 is 13.2 Å². The summed E-state index contributed by atoms with van der Waals surface area (Å²) in [4.78, 5) is 0. The molecule has 0 aliphatic carbocycles. The fraction of sp³-hybridized carbons (Fsp3) is 0.357. The number of rotatable bonds is 5. The van der Waals surface area contributed by atoms with Gasteiger partial charge in [0.2, 0.25) is 0 Å². The molecule has 0 bridgehead atoms. The van der Waals surface area contributed by atoms with Gasteiger partial charge in [-0.25, -0.2) is 0 Å². The Hall–Kier alpha value is -1.82. The second-order valence-electron chi connectivity index (χ2n) is 4.51. The van der Waals surface area contributed by atoms with Crippen LogP contribution in [0.4, 0.5) is 13.2 Å². The lowest BCUT2D eigenvalue weighted by Gasteiger charge is -2.09. The van der Waals surface area contributed by atoms with Crippen LogP contribution in [-0.4, -0.2) is 9.78 Å². The number of hydrogen-bond donors (Lipinski definition) is 1. The van der Waals surface area contributed by atoms with E-state index < -0.39 is 11.7 Å². The topological polar surface area (TPSA) is 29.9 Å². The summed E-state index contributed by atoms with van der Waals surface area (Å²) >= 11 is 0. The molecule has 108 valence electrons. The van der Waals surface area contributed by atoms with Crippen molar-refractivity contribution in [1.82, 2.24) is 15.1 Å². The molecular weight excluding hydrogens is 267 g/mol. The average molecular weight is 283 g/mol. The molecular formula is C14H16F3N3. The van der Waals surface area contributed by atoms with Crippen LogP contribution >= 0.6 is 0 Å². The third-order valence-corrected chi connectivity index (χ3v) is 2.92. The summed E-state index contributed by atoms with van der Waals surface area (Å²) in [6.45, 7) is 3.76. The minimum absolute atomic E-state index is 0.390. The van der Waals surface area contributed by atoms with E-state index in [9.17, 15) is 13.2 Å². The lowest BCUT2D eigenvalue weighted by molar-refractivity contribution is -0.137. The van der Waals surface area contributed by atoms with Gasteiger partial charge in [-0.3, -0.25) is 4.68 Å². The van der Waals surface area contributed by atoms with E-state index >= 15 is 0 Å². The third kappa shape index (κ3) is 3.84. The first-order valence-corrected chi connectivity index (χ1v) is 6.37. The number of aryl methyl sites for hydroxylation is 1. The molecule has 0 saturated heterocycles. The van der Waals surface area contributed by atoms with Crippen LogP contribution in [0.3, 0.4) is 0 Å². The molecule has 2 aromatic rings. The average Bonchev–Trinajstić information content (AvgIpc) is 2.86. The second-order valence-corrected chi connectivity index (χ2v) is 4.51. The lowest BCUT2D eigenvalue weighted by atomic mass is 10.1. The maximum absolute atomic E-state index is 12.6. The number of nitrogens with one attached hydrogen (secondary N) is 1. The van der Waals surface area contributed by atoms with Crippen molar-refractivity contribution in [3.05, 3.63) is 53.3 Å². The standard InChI is InChI=1S/C14H16F3N3/c1-2-20-10-12(9-19-20)8-18-7-11-4-3-5-13(6-11)14(15,16)17/h3-6,9-10,18H,2,7-8H2,1H3. The predicted molar refractivity (Wildman–Crippen MR) is 69.9 cm³/mol. The molecule has 0 spiro atoms. The molecule has 0 unspecified atom stereocenters. The molecule has 0 radical (unpaired) electrons. The smallest absolute Gasteiger partial charge is 0.309 e. The highest BCUT2D eigenvalue weighted by atomic mass is 19.4. The van der Waals surface area contributed by atoms with E-state index in [2.05, 4.69) is 10.4 Å². The van der Waals surface area contributed by atoms with Gasteiger partial charge < -0.3 is 5.32 Å². The van der Waals surface area contributed by atoms with Gasteiger partial charge in [-0.05, 0) is 18.6 Å². The highest BCUT2D eigenvalue weighted by Crippen LogP contribution is 2.29. The van der Waals surface area contributed by atoms with Gasteiger partial charge in [0.05, 0.1) is 11.8 Å². The summed E-state index contributed by atoms with van der Waals surface area (Å²) in [6, 6.07) is 5.35. The molecule has 0 aliphatic heterocycles. The lowest BCUT2D eigenvalue weighted by Crippen LogP contribution is -2.13. The number of hydrogen-bond acceptors (Lipinski definition) is 2. The van der Waals surface area contributed by atoms with Crippen LogP contribution in [0, 0.1) is 0 Å². The zero-order valence-corrected chi connectivity index (χ0v) is 11.1.